The topological polar surface area (TPSA) is 88.1 Å². The van der Waals surface area contributed by atoms with Crippen molar-refractivity contribution in [1.82, 2.24) is 10.2 Å². The van der Waals surface area contributed by atoms with Crippen molar-refractivity contribution >= 4 is 35.2 Å². The molecular formula is C23H22Cl2N2O5. The highest BCUT2D eigenvalue weighted by atomic mass is 35.5. The zero-order valence-corrected chi connectivity index (χ0v) is 18.6. The van der Waals surface area contributed by atoms with Crippen LogP contribution in [-0.4, -0.2) is 41.2 Å². The van der Waals surface area contributed by atoms with E-state index >= 15 is 0 Å². The van der Waals surface area contributed by atoms with Gasteiger partial charge in [-0.25, -0.2) is 4.79 Å². The maximum Gasteiger partial charge on any atom is 0.410 e. The number of rotatable bonds is 6. The van der Waals surface area contributed by atoms with Gasteiger partial charge in [0.1, 0.15) is 11.9 Å². The van der Waals surface area contributed by atoms with Gasteiger partial charge in [-0.3, -0.25) is 4.79 Å². The molecule has 4 rings (SSSR count). The molecule has 2 heterocycles. The minimum absolute atomic E-state index is 0.105. The molecule has 1 fully saturated rings. The minimum Gasteiger partial charge on any atom is -0.480 e. The highest BCUT2D eigenvalue weighted by Crippen LogP contribution is 2.36. The molecule has 0 aromatic heterocycles. The number of aliphatic hydroxyl groups excluding tert-OH is 1. The van der Waals surface area contributed by atoms with Gasteiger partial charge in [0.25, 0.3) is 5.91 Å². The normalized spacial score (nSPS) is 22.0. The first-order chi connectivity index (χ1) is 15.3. The number of fused-ring (bicyclic) bond motifs is 1. The molecule has 2 N–H and O–H groups in total. The van der Waals surface area contributed by atoms with Crippen LogP contribution in [0, 0.1) is 0 Å². The molecule has 0 spiro atoms. The fourth-order valence-corrected chi connectivity index (χ4v) is 4.01. The second-order valence-corrected chi connectivity index (χ2v) is 8.63. The van der Waals surface area contributed by atoms with Gasteiger partial charge >= 0.3 is 6.09 Å². The van der Waals surface area contributed by atoms with Gasteiger partial charge in [-0.2, -0.15) is 0 Å². The number of aliphatic hydroxyl groups is 1. The maximum atomic E-state index is 12.6. The van der Waals surface area contributed by atoms with Gasteiger partial charge in [-0.1, -0.05) is 41.9 Å². The van der Waals surface area contributed by atoms with Crippen molar-refractivity contribution in [2.75, 3.05) is 13.1 Å². The molecule has 0 aliphatic carbocycles. The molecule has 3 atom stereocenters. The summed E-state index contributed by atoms with van der Waals surface area (Å²) in [6.07, 6.45) is -2.04. The number of halogens is 2. The molecule has 2 aromatic carbocycles. The standard InChI is InChI=1S/C23H22Cl2N2O5/c1-13(8-9-27-12-21(32-23(27)30)14-2-4-15(24)5-3-14)26-22(29)20-11-18(28)17-10-16(25)6-7-19(17)31-20/h2-7,10,18,20-21,28H,1,8-9,11-12H2,(H,26,29)/t18-,20-,21?/m1/s1. The summed E-state index contributed by atoms with van der Waals surface area (Å²) < 4.78 is 11.2. The molecule has 2 aliphatic rings. The van der Waals surface area contributed by atoms with E-state index < -0.39 is 24.2 Å². The lowest BCUT2D eigenvalue weighted by Gasteiger charge is -2.29. The maximum absolute atomic E-state index is 12.6. The molecular weight excluding hydrogens is 455 g/mol. The Bertz CT molecular complexity index is 1040. The molecule has 2 amide bonds. The van der Waals surface area contributed by atoms with Crippen LogP contribution >= 0.6 is 23.2 Å². The number of hydrogen-bond acceptors (Lipinski definition) is 5. The summed E-state index contributed by atoms with van der Waals surface area (Å²) in [6, 6.07) is 12.1. The van der Waals surface area contributed by atoms with Crippen molar-refractivity contribution in [3.8, 4) is 5.75 Å². The van der Waals surface area contributed by atoms with Gasteiger partial charge in [-0.15, -0.1) is 0 Å². The zero-order valence-electron chi connectivity index (χ0n) is 17.1. The first-order valence-corrected chi connectivity index (χ1v) is 10.9. The first-order valence-electron chi connectivity index (χ1n) is 10.1. The summed E-state index contributed by atoms with van der Waals surface area (Å²) in [5.41, 5.74) is 1.87. The predicted octanol–water partition coefficient (Wildman–Crippen LogP) is 4.39. The van der Waals surface area contributed by atoms with Crippen LogP contribution in [0.5, 0.6) is 5.75 Å². The van der Waals surface area contributed by atoms with E-state index in [0.717, 1.165) is 5.56 Å². The molecule has 1 unspecified atom stereocenters. The fraction of sp³-hybridized carbons (Fsp3) is 0.304. The van der Waals surface area contributed by atoms with E-state index in [2.05, 4.69) is 11.9 Å². The molecule has 0 bridgehead atoms. The van der Waals surface area contributed by atoms with Crippen molar-refractivity contribution in [2.45, 2.75) is 31.2 Å². The van der Waals surface area contributed by atoms with E-state index in [1.807, 2.05) is 12.1 Å². The molecule has 32 heavy (non-hydrogen) atoms. The van der Waals surface area contributed by atoms with Gasteiger partial charge in [0, 0.05) is 40.7 Å². The Morgan fingerprint density at radius 1 is 1.16 bits per heavy atom. The Kier molecular flexibility index (Phi) is 6.60. The van der Waals surface area contributed by atoms with Crippen molar-refractivity contribution in [3.63, 3.8) is 0 Å². The van der Waals surface area contributed by atoms with Crippen LogP contribution in [0.1, 0.15) is 36.2 Å². The van der Waals surface area contributed by atoms with Crippen LogP contribution in [0.3, 0.4) is 0 Å². The third-order valence-electron chi connectivity index (χ3n) is 5.44. The number of cyclic esters (lactones) is 1. The summed E-state index contributed by atoms with van der Waals surface area (Å²) in [7, 11) is 0. The minimum atomic E-state index is -0.860. The summed E-state index contributed by atoms with van der Waals surface area (Å²) in [5, 5.41) is 14.2. The number of carbonyl (C=O) groups is 2. The van der Waals surface area contributed by atoms with Crippen molar-refractivity contribution in [2.24, 2.45) is 0 Å². The average Bonchev–Trinajstić information content (AvgIpc) is 3.13. The number of nitrogens with one attached hydrogen (secondary N) is 1. The molecule has 0 saturated carbocycles. The Morgan fingerprint density at radius 3 is 2.62 bits per heavy atom. The molecule has 7 nitrogen and oxygen atoms in total. The molecule has 9 heteroatoms. The van der Waals surface area contributed by atoms with E-state index in [1.165, 1.54) is 0 Å². The van der Waals surface area contributed by atoms with Gasteiger partial charge in [-0.05, 0) is 35.9 Å². The second-order valence-electron chi connectivity index (χ2n) is 7.75. The van der Waals surface area contributed by atoms with Crippen molar-refractivity contribution in [1.29, 1.82) is 0 Å². The van der Waals surface area contributed by atoms with E-state index in [4.69, 9.17) is 32.7 Å². The Morgan fingerprint density at radius 2 is 1.88 bits per heavy atom. The predicted molar refractivity (Wildman–Crippen MR) is 120 cm³/mol. The van der Waals surface area contributed by atoms with Gasteiger partial charge < -0.3 is 24.8 Å². The molecule has 0 radical (unpaired) electrons. The lowest BCUT2D eigenvalue weighted by Crippen LogP contribution is -2.41. The van der Waals surface area contributed by atoms with Crippen LogP contribution in [-0.2, 0) is 9.53 Å². The number of ether oxygens (including phenoxy) is 2. The lowest BCUT2D eigenvalue weighted by molar-refractivity contribution is -0.129. The van der Waals surface area contributed by atoms with Crippen LogP contribution in [0.15, 0.2) is 54.7 Å². The van der Waals surface area contributed by atoms with Crippen LogP contribution < -0.4 is 10.1 Å². The largest absolute Gasteiger partial charge is 0.480 e. The number of benzene rings is 2. The molecule has 168 valence electrons. The fourth-order valence-electron chi connectivity index (χ4n) is 3.71. The molecule has 1 saturated heterocycles. The average molecular weight is 477 g/mol. The van der Waals surface area contributed by atoms with Crippen molar-refractivity contribution < 1.29 is 24.2 Å². The SMILES string of the molecule is C=C(CCN1CC(c2ccc(Cl)cc2)OC1=O)NC(=O)[C@H]1C[C@@H](O)c2cc(Cl)ccc2O1. The summed E-state index contributed by atoms with van der Waals surface area (Å²) in [6.45, 7) is 4.62. The summed E-state index contributed by atoms with van der Waals surface area (Å²) in [5.74, 6) is 0.0182. The number of nitrogens with zero attached hydrogens (tertiary/aromatic N) is 1. The van der Waals surface area contributed by atoms with E-state index in [0.29, 0.717) is 46.6 Å². The third-order valence-corrected chi connectivity index (χ3v) is 5.93. The van der Waals surface area contributed by atoms with E-state index in [-0.39, 0.29) is 12.5 Å². The molecule has 2 aliphatic heterocycles. The second kappa shape index (κ2) is 9.40. The van der Waals surface area contributed by atoms with Gasteiger partial charge in [0.2, 0.25) is 0 Å². The lowest BCUT2D eigenvalue weighted by atomic mass is 9.98. The van der Waals surface area contributed by atoms with Crippen LogP contribution in [0.25, 0.3) is 0 Å². The monoisotopic (exact) mass is 476 g/mol. The summed E-state index contributed by atoms with van der Waals surface area (Å²) in [4.78, 5) is 26.4. The number of carbonyl (C=O) groups excluding carboxylic acids is 2. The van der Waals surface area contributed by atoms with E-state index in [9.17, 15) is 14.7 Å². The molecule has 2 aromatic rings. The Hall–Kier alpha value is -2.74. The van der Waals surface area contributed by atoms with E-state index in [1.54, 1.807) is 35.2 Å². The Labute approximate surface area is 195 Å². The highest BCUT2D eigenvalue weighted by molar-refractivity contribution is 6.30. The van der Waals surface area contributed by atoms with Crippen LogP contribution in [0.4, 0.5) is 4.79 Å². The zero-order chi connectivity index (χ0) is 22.8. The number of amides is 2. The quantitative estimate of drug-likeness (QED) is 0.645. The third kappa shape index (κ3) is 5.01. The van der Waals surface area contributed by atoms with Crippen molar-refractivity contribution in [3.05, 3.63) is 75.9 Å². The smallest absolute Gasteiger partial charge is 0.410 e. The van der Waals surface area contributed by atoms with Crippen LogP contribution in [0.2, 0.25) is 10.0 Å². The summed E-state index contributed by atoms with van der Waals surface area (Å²) >= 11 is 11.9. The highest BCUT2D eigenvalue weighted by Gasteiger charge is 2.34. The Balaban J connectivity index is 1.28. The van der Waals surface area contributed by atoms with Gasteiger partial charge in [0.05, 0.1) is 12.6 Å². The number of hydrogen-bond donors (Lipinski definition) is 2. The first kappa shape index (κ1) is 22.5. The van der Waals surface area contributed by atoms with Gasteiger partial charge in [0.15, 0.2) is 6.10 Å².